The molecule has 4 rings (SSSR count). The second-order valence-corrected chi connectivity index (χ2v) is 9.82. The van der Waals surface area contributed by atoms with Gasteiger partial charge in [-0.05, 0) is 85.7 Å². The largest absolute Gasteiger partial charge is 0.454 e. The van der Waals surface area contributed by atoms with Gasteiger partial charge in [-0.3, -0.25) is 0 Å². The first-order valence-corrected chi connectivity index (χ1v) is 12.6. The second-order valence-electron chi connectivity index (χ2n) is 9.82. The fourth-order valence-corrected chi connectivity index (χ4v) is 4.24. The summed E-state index contributed by atoms with van der Waals surface area (Å²) in [6.07, 6.45) is 1.02. The van der Waals surface area contributed by atoms with Crippen molar-refractivity contribution in [3.8, 4) is 33.8 Å². The van der Waals surface area contributed by atoms with Gasteiger partial charge in [-0.25, -0.2) is 18.8 Å². The second kappa shape index (κ2) is 11.5. The molecule has 0 heterocycles. The third-order valence-electron chi connectivity index (χ3n) is 6.43. The molecule has 0 saturated carbocycles. The predicted molar refractivity (Wildman–Crippen MR) is 150 cm³/mol. The maximum Gasteiger partial charge on any atom is 0.338 e. The maximum atomic E-state index is 15.5. The fraction of sp³-hybridized carbons (Fsp3) is 0.182. The smallest absolute Gasteiger partial charge is 0.338 e. The molecule has 7 heteroatoms. The first-order chi connectivity index (χ1) is 18.9. The summed E-state index contributed by atoms with van der Waals surface area (Å²) in [5.74, 6) is -2.30. The van der Waals surface area contributed by atoms with E-state index < -0.39 is 29.8 Å². The highest BCUT2D eigenvalue weighted by Gasteiger charge is 2.27. The number of halogens is 1. The molecule has 1 atom stereocenters. The lowest BCUT2D eigenvalue weighted by Crippen LogP contribution is -2.12. The minimum absolute atomic E-state index is 0.0152. The molecule has 0 fully saturated rings. The van der Waals surface area contributed by atoms with Crippen molar-refractivity contribution in [1.29, 1.82) is 0 Å². The summed E-state index contributed by atoms with van der Waals surface area (Å²) in [7, 11) is 0. The van der Waals surface area contributed by atoms with Crippen LogP contribution in [0.1, 0.15) is 44.4 Å². The molecular weight excluding hydrogens is 511 g/mol. The van der Waals surface area contributed by atoms with E-state index in [4.69, 9.17) is 14.2 Å². The topological polar surface area (TPSA) is 78.9 Å². The van der Waals surface area contributed by atoms with Gasteiger partial charge in [0.2, 0.25) is 0 Å². The van der Waals surface area contributed by atoms with E-state index >= 15 is 4.39 Å². The molecule has 1 aliphatic carbocycles. The van der Waals surface area contributed by atoms with Crippen LogP contribution in [0.3, 0.4) is 0 Å². The zero-order valence-corrected chi connectivity index (χ0v) is 22.6. The van der Waals surface area contributed by atoms with Gasteiger partial charge in [0.15, 0.2) is 11.5 Å². The van der Waals surface area contributed by atoms with Crippen molar-refractivity contribution in [2.24, 2.45) is 0 Å². The number of ether oxygens (including phenoxy) is 3. The number of rotatable bonds is 8. The normalized spacial score (nSPS) is 13.7. The zero-order chi connectivity index (χ0) is 29.1. The summed E-state index contributed by atoms with van der Waals surface area (Å²) in [5, 5.41) is 0. The van der Waals surface area contributed by atoms with Gasteiger partial charge in [0.05, 0.1) is 0 Å². The molecule has 1 aliphatic rings. The monoisotopic (exact) mass is 540 g/mol. The Balaban J connectivity index is 1.65. The van der Waals surface area contributed by atoms with E-state index in [0.717, 1.165) is 17.5 Å². The Hall–Kier alpha value is -4.78. The van der Waals surface area contributed by atoms with Gasteiger partial charge in [-0.2, -0.15) is 0 Å². The minimum Gasteiger partial charge on any atom is -0.454 e. The van der Waals surface area contributed by atoms with Gasteiger partial charge in [0, 0.05) is 22.3 Å². The molecule has 3 aromatic rings. The molecule has 0 bridgehead atoms. The third kappa shape index (κ3) is 6.10. The number of fused-ring (bicyclic) bond motifs is 1. The highest BCUT2D eigenvalue weighted by molar-refractivity contribution is 5.91. The molecule has 0 radical (unpaired) electrons. The van der Waals surface area contributed by atoms with Crippen molar-refractivity contribution < 1.29 is 33.0 Å². The highest BCUT2D eigenvalue weighted by Crippen LogP contribution is 2.39. The van der Waals surface area contributed by atoms with Crippen molar-refractivity contribution in [2.75, 3.05) is 0 Å². The molecule has 40 heavy (non-hydrogen) atoms. The van der Waals surface area contributed by atoms with Crippen LogP contribution in [-0.2, 0) is 25.5 Å². The van der Waals surface area contributed by atoms with Gasteiger partial charge < -0.3 is 14.2 Å². The molecule has 1 unspecified atom stereocenters. The number of carbonyl (C=O) groups is 3. The Labute approximate surface area is 232 Å². The van der Waals surface area contributed by atoms with Gasteiger partial charge >= 0.3 is 17.9 Å². The molecule has 0 amide bonds. The quantitative estimate of drug-likeness (QED) is 0.170. The van der Waals surface area contributed by atoms with Crippen LogP contribution in [0.4, 0.5) is 4.39 Å². The van der Waals surface area contributed by atoms with Gasteiger partial charge in [-0.15, -0.1) is 0 Å². The van der Waals surface area contributed by atoms with E-state index in [-0.39, 0.29) is 22.6 Å². The number of aryl methyl sites for hydroxylation is 1. The number of hydrogen-bond acceptors (Lipinski definition) is 6. The van der Waals surface area contributed by atoms with E-state index in [1.807, 2.05) is 18.2 Å². The molecule has 3 aromatic carbocycles. The minimum atomic E-state index is -0.699. The fourth-order valence-electron chi connectivity index (χ4n) is 4.24. The van der Waals surface area contributed by atoms with Crippen molar-refractivity contribution in [3.63, 3.8) is 0 Å². The first kappa shape index (κ1) is 28.2. The summed E-state index contributed by atoms with van der Waals surface area (Å²) in [6, 6.07) is 15.0. The first-order valence-electron chi connectivity index (χ1n) is 12.6. The number of esters is 3. The summed E-state index contributed by atoms with van der Waals surface area (Å²) < 4.78 is 31.8. The number of carbonyl (C=O) groups excluding carboxylic acids is 3. The molecule has 0 aromatic heterocycles. The summed E-state index contributed by atoms with van der Waals surface area (Å²) in [4.78, 5) is 36.4. The van der Waals surface area contributed by atoms with E-state index in [2.05, 4.69) is 19.7 Å². The van der Waals surface area contributed by atoms with Gasteiger partial charge in [0.1, 0.15) is 11.9 Å². The molecule has 204 valence electrons. The van der Waals surface area contributed by atoms with Crippen LogP contribution in [-0.4, -0.2) is 17.9 Å². The average Bonchev–Trinajstić information content (AvgIpc) is 3.31. The Morgan fingerprint density at radius 2 is 1.30 bits per heavy atom. The van der Waals surface area contributed by atoms with Crippen LogP contribution in [0.5, 0.6) is 11.5 Å². The van der Waals surface area contributed by atoms with Gasteiger partial charge in [0.25, 0.3) is 0 Å². The number of benzene rings is 3. The SMILES string of the molecule is C=C(C)C(=O)Oc1ccc(-c2ccc(-c3ccc4c(c3)C(OC(=O)C(=C)C)CC4)c(F)c2)cc1OC(=O)C(=C)C. The predicted octanol–water partition coefficient (Wildman–Crippen LogP) is 7.23. The Bertz CT molecular complexity index is 1580. The molecule has 0 spiro atoms. The molecular formula is C33H29FO6. The molecule has 6 nitrogen and oxygen atoms in total. The van der Waals surface area contributed by atoms with Crippen molar-refractivity contribution in [3.05, 3.63) is 108 Å². The average molecular weight is 541 g/mol. The lowest BCUT2D eigenvalue weighted by atomic mass is 9.96. The van der Waals surface area contributed by atoms with Crippen LogP contribution >= 0.6 is 0 Å². The summed E-state index contributed by atoms with van der Waals surface area (Å²) in [5.41, 5.74) is 4.65. The number of hydrogen-bond donors (Lipinski definition) is 0. The Morgan fingerprint density at radius 1 is 0.725 bits per heavy atom. The molecule has 0 N–H and O–H groups in total. The Morgan fingerprint density at radius 3 is 1.93 bits per heavy atom. The van der Waals surface area contributed by atoms with Crippen LogP contribution in [0, 0.1) is 5.82 Å². The lowest BCUT2D eigenvalue weighted by Gasteiger charge is -2.15. The van der Waals surface area contributed by atoms with E-state index in [1.54, 1.807) is 25.1 Å². The highest BCUT2D eigenvalue weighted by atomic mass is 19.1. The van der Waals surface area contributed by atoms with Gasteiger partial charge in [-0.1, -0.05) is 50.1 Å². The van der Waals surface area contributed by atoms with Crippen molar-refractivity contribution in [1.82, 2.24) is 0 Å². The third-order valence-corrected chi connectivity index (χ3v) is 6.43. The van der Waals surface area contributed by atoms with E-state index in [0.29, 0.717) is 34.2 Å². The maximum absolute atomic E-state index is 15.5. The summed E-state index contributed by atoms with van der Waals surface area (Å²) in [6.45, 7) is 15.4. The van der Waals surface area contributed by atoms with Crippen molar-refractivity contribution >= 4 is 17.9 Å². The van der Waals surface area contributed by atoms with Crippen LogP contribution in [0.15, 0.2) is 91.1 Å². The van der Waals surface area contributed by atoms with Crippen molar-refractivity contribution in [2.45, 2.75) is 39.7 Å². The lowest BCUT2D eigenvalue weighted by molar-refractivity contribution is -0.144. The van der Waals surface area contributed by atoms with Crippen LogP contribution < -0.4 is 9.47 Å². The van der Waals surface area contributed by atoms with E-state index in [9.17, 15) is 14.4 Å². The Kier molecular flexibility index (Phi) is 8.14. The van der Waals surface area contributed by atoms with E-state index in [1.165, 1.54) is 32.0 Å². The van der Waals surface area contributed by atoms with Crippen LogP contribution in [0.2, 0.25) is 0 Å². The molecule has 0 aliphatic heterocycles. The summed E-state index contributed by atoms with van der Waals surface area (Å²) >= 11 is 0. The zero-order valence-electron chi connectivity index (χ0n) is 22.6. The molecule has 0 saturated heterocycles. The standard InChI is InChI=1S/C33H29FO6/c1-18(2)31(35)38-28-13-10-21-7-8-24(15-26(21)28)25-12-9-22(16-27(25)34)23-11-14-29(39-32(36)19(3)4)30(17-23)40-33(37)20(5)6/h7-9,11-12,14-17,28H,1,3,5,10,13H2,2,4,6H3. The van der Waals surface area contributed by atoms with Crippen LogP contribution in [0.25, 0.3) is 22.3 Å².